The topological polar surface area (TPSA) is 389 Å². The second-order valence-corrected chi connectivity index (χ2v) is 21.8. The largest absolute Gasteiger partial charge is 0.480 e. The molecule has 7 amide bonds. The number of aliphatic hydroxyl groups excluding tert-OH is 1. The molecule has 2 rings (SSSR count). The summed E-state index contributed by atoms with van der Waals surface area (Å²) in [5, 5.41) is 45.9. The van der Waals surface area contributed by atoms with E-state index in [1.54, 1.807) is 33.1 Å². The first-order valence-electron chi connectivity index (χ1n) is 29.5. The number of aliphatic hydroxyl groups is 1. The van der Waals surface area contributed by atoms with Crippen molar-refractivity contribution >= 4 is 65.1 Å². The lowest BCUT2D eigenvalue weighted by Gasteiger charge is -2.29. The van der Waals surface area contributed by atoms with Crippen LogP contribution < -0.4 is 54.4 Å². The molecule has 504 valence electrons. The van der Waals surface area contributed by atoms with Crippen LogP contribution in [0.5, 0.6) is 0 Å². The number of thioether (sulfide) groups is 1. The molecule has 1 heterocycles. The van der Waals surface area contributed by atoms with E-state index in [-0.39, 0.29) is 51.4 Å². The lowest BCUT2D eigenvalue weighted by molar-refractivity contribution is -0.146. The van der Waals surface area contributed by atoms with E-state index in [0.717, 1.165) is 29.7 Å². The van der Waals surface area contributed by atoms with Crippen LogP contribution in [0.25, 0.3) is 0 Å². The summed E-state index contributed by atoms with van der Waals surface area (Å²) < 4.78 is 5.81. The SMILES string of the molecule is C.C.CC.CCCCCN.CCNCCSCC1C(=O)N[C@H](C)C(=O)N[C@@H](CC(C)C)C(=O)N[C@@H](C(=O)O)[C@H](C)C(=O)N[C@@H](C)C(=O)NC(/C=C/C(C)=C/[C@H](C)[C@H](Cc2ccccc2)OC)[C@H](C)C(=O)N[C@@H](C(=O)O)CCC(=O)N1C.CO.NCCN. The number of methoxy groups -OCH3 is 1. The molecule has 1 aliphatic heterocycles. The van der Waals surface area contributed by atoms with Crippen molar-refractivity contribution in [1.29, 1.82) is 0 Å². The third-order valence-corrected chi connectivity index (χ3v) is 14.2. The number of rotatable bonds is 21. The Bertz CT molecular complexity index is 2150. The zero-order valence-electron chi connectivity index (χ0n) is 53.5. The molecular weight excluding hydrogens is 1140 g/mol. The minimum absolute atomic E-state index is 0. The Kier molecular flexibility index (Phi) is 54.8. The van der Waals surface area contributed by atoms with E-state index in [9.17, 15) is 53.4 Å². The number of benzene rings is 1. The van der Waals surface area contributed by atoms with Crippen LogP contribution in [0.15, 0.2) is 54.1 Å². The van der Waals surface area contributed by atoms with Crippen LogP contribution in [0, 0.1) is 23.7 Å². The molecule has 0 spiro atoms. The number of allylic oxidation sites excluding steroid dienone is 2. The molecule has 16 N–H and O–H groups in total. The molecule has 0 bridgehead atoms. The maximum atomic E-state index is 13.9. The van der Waals surface area contributed by atoms with Crippen molar-refractivity contribution in [3.05, 3.63) is 59.7 Å². The molecule has 11 atom stereocenters. The summed E-state index contributed by atoms with van der Waals surface area (Å²) in [4.78, 5) is 123. The summed E-state index contributed by atoms with van der Waals surface area (Å²) in [5.41, 5.74) is 16.8. The molecule has 0 saturated carbocycles. The number of likely N-dealkylation sites (N-methyl/N-ethyl adjacent to an activating group) is 1. The second-order valence-electron chi connectivity index (χ2n) is 20.6. The van der Waals surface area contributed by atoms with E-state index in [4.69, 9.17) is 27.0 Å². The van der Waals surface area contributed by atoms with Gasteiger partial charge in [-0.05, 0) is 71.0 Å². The maximum Gasteiger partial charge on any atom is 0.327 e. The van der Waals surface area contributed by atoms with Crippen molar-refractivity contribution in [2.24, 2.45) is 40.9 Å². The minimum atomic E-state index is -1.82. The number of carboxylic acids is 2. The minimum Gasteiger partial charge on any atom is -0.480 e. The van der Waals surface area contributed by atoms with Gasteiger partial charge >= 0.3 is 11.9 Å². The Morgan fingerprint density at radius 2 is 1.31 bits per heavy atom. The van der Waals surface area contributed by atoms with Crippen molar-refractivity contribution < 1.29 is 63.2 Å². The highest BCUT2D eigenvalue weighted by molar-refractivity contribution is 7.99. The zero-order valence-corrected chi connectivity index (χ0v) is 54.3. The number of carboxylic acid groups (broad SMARTS) is 2. The monoisotopic (exact) mass is 1260 g/mol. The lowest BCUT2D eigenvalue weighted by Crippen LogP contribution is -2.59. The van der Waals surface area contributed by atoms with Gasteiger partial charge in [0.15, 0.2) is 0 Å². The number of hydrogen-bond donors (Lipinski definition) is 13. The van der Waals surface area contributed by atoms with Crippen molar-refractivity contribution in [3.63, 3.8) is 0 Å². The smallest absolute Gasteiger partial charge is 0.327 e. The van der Waals surface area contributed by atoms with E-state index < -0.39 is 114 Å². The molecule has 1 aromatic rings. The van der Waals surface area contributed by atoms with Crippen LogP contribution in [0.3, 0.4) is 0 Å². The number of aliphatic carboxylic acids is 2. The van der Waals surface area contributed by atoms with Crippen LogP contribution in [-0.2, 0) is 54.3 Å². The van der Waals surface area contributed by atoms with E-state index in [1.165, 1.54) is 65.8 Å². The van der Waals surface area contributed by atoms with Gasteiger partial charge in [-0.2, -0.15) is 11.8 Å². The zero-order chi connectivity index (χ0) is 65.8. The fraction of sp³-hybridized carbons (Fsp3) is 0.694. The Morgan fingerprint density at radius 3 is 1.79 bits per heavy atom. The summed E-state index contributed by atoms with van der Waals surface area (Å²) in [7, 11) is 4.00. The molecular formula is C62H117N11O13S. The fourth-order valence-electron chi connectivity index (χ4n) is 8.00. The Hall–Kier alpha value is -5.96. The van der Waals surface area contributed by atoms with Crippen molar-refractivity contribution in [3.8, 4) is 0 Å². The quantitative estimate of drug-likeness (QED) is 0.0616. The molecule has 0 radical (unpaired) electrons. The number of nitrogens with one attached hydrogen (secondary N) is 7. The van der Waals surface area contributed by atoms with Gasteiger partial charge in [0.25, 0.3) is 0 Å². The Morgan fingerprint density at radius 1 is 0.759 bits per heavy atom. The van der Waals surface area contributed by atoms with E-state index in [1.807, 2.05) is 71.0 Å². The first-order chi connectivity index (χ1) is 40.2. The fourth-order valence-corrected chi connectivity index (χ4v) is 9.05. The average molecular weight is 1260 g/mol. The van der Waals surface area contributed by atoms with Gasteiger partial charge in [-0.3, -0.25) is 33.6 Å². The Labute approximate surface area is 525 Å². The molecule has 1 saturated heterocycles. The van der Waals surface area contributed by atoms with Crippen LogP contribution in [0.2, 0.25) is 0 Å². The molecule has 25 heteroatoms. The number of amides is 7. The van der Waals surface area contributed by atoms with Gasteiger partial charge < -0.3 is 79.4 Å². The third-order valence-electron chi connectivity index (χ3n) is 13.2. The van der Waals surface area contributed by atoms with Gasteiger partial charge in [-0.1, -0.05) is 144 Å². The van der Waals surface area contributed by atoms with Gasteiger partial charge in [0.05, 0.1) is 24.0 Å². The van der Waals surface area contributed by atoms with Gasteiger partial charge in [0.1, 0.15) is 36.3 Å². The van der Waals surface area contributed by atoms with Crippen molar-refractivity contribution in [2.45, 2.75) is 191 Å². The number of carbonyl (C=O) groups is 9. The number of hydrogen-bond acceptors (Lipinski definition) is 16. The molecule has 1 aliphatic rings. The van der Waals surface area contributed by atoms with Crippen LogP contribution in [0.4, 0.5) is 0 Å². The Balaban J connectivity index is -0.00000126. The summed E-state index contributed by atoms with van der Waals surface area (Å²) >= 11 is 1.36. The normalized spacial score (nSPS) is 22.7. The van der Waals surface area contributed by atoms with Crippen LogP contribution in [0.1, 0.15) is 142 Å². The predicted octanol–water partition coefficient (Wildman–Crippen LogP) is 3.73. The van der Waals surface area contributed by atoms with Crippen molar-refractivity contribution in [1.82, 2.24) is 42.1 Å². The number of nitrogens with zero attached hydrogens (tertiary/aromatic N) is 1. The second kappa shape index (κ2) is 53.1. The molecule has 24 nitrogen and oxygen atoms in total. The molecule has 1 fully saturated rings. The highest BCUT2D eigenvalue weighted by Crippen LogP contribution is 2.19. The number of nitrogens with two attached hydrogens (primary N) is 3. The number of ether oxygens (including phenoxy) is 1. The summed E-state index contributed by atoms with van der Waals surface area (Å²) in [6.45, 7) is 24.3. The first-order valence-corrected chi connectivity index (χ1v) is 30.7. The summed E-state index contributed by atoms with van der Waals surface area (Å²) in [5.74, 6) is -10.8. The van der Waals surface area contributed by atoms with Crippen LogP contribution >= 0.6 is 11.8 Å². The predicted molar refractivity (Wildman–Crippen MR) is 350 cm³/mol. The van der Waals surface area contributed by atoms with Crippen molar-refractivity contribution in [2.75, 3.05) is 65.5 Å². The highest BCUT2D eigenvalue weighted by atomic mass is 32.2. The van der Waals surface area contributed by atoms with E-state index in [0.29, 0.717) is 38.4 Å². The lowest BCUT2D eigenvalue weighted by atomic mass is 9.94. The molecule has 0 aliphatic carbocycles. The maximum absolute atomic E-state index is 13.9. The molecule has 87 heavy (non-hydrogen) atoms. The van der Waals surface area contributed by atoms with Crippen LogP contribution in [-0.4, -0.2) is 187 Å². The van der Waals surface area contributed by atoms with Gasteiger partial charge in [0.2, 0.25) is 41.4 Å². The highest BCUT2D eigenvalue weighted by Gasteiger charge is 2.37. The summed E-state index contributed by atoms with van der Waals surface area (Å²) in [6, 6.07) is 0.310. The number of carbonyl (C=O) groups excluding carboxylic acids is 7. The van der Waals surface area contributed by atoms with Gasteiger partial charge in [-0.15, -0.1) is 0 Å². The standard InChI is InChI=1S/C50H78N8O12S.C5H13N.C2H8N2.C2H6.CH4O.2CH4/c1-12-51-22-23-71-27-39-48(65)53-34(9)46(63)56-38(24-28(2)3)47(64)57-42(50(68)69)32(7)44(61)52-33(8)45(62)54-36(31(6)43(60)55-37(49(66)67)20-21-41(59)58(39)10)19-18-29(4)25-30(5)40(70-11)26-35-16-14-13-15-17-35;1-2-3-4-5-6;3-1-2-4;2*1-2;;/h13-19,25,28,30-34,36-40,42,51H,12,20-24,26-27H2,1-11H3,(H,52,61)(H,53,65)(H,54,62)(H,55,60)(H,56,63)(H,57,64)(H,66,67)(H,68,69);2-6H2,1H3;1-4H2;1-2H3;2H,1H3;2*1H4/b19-18+,29-25+;;;;;;/t30-,31-,32-,33-,34+,36?,37+,38-,39?,40-,42+;;;;;;/m0....../s1. The van der Waals surface area contributed by atoms with E-state index in [2.05, 4.69) is 44.1 Å². The average Bonchev–Trinajstić information content (AvgIpc) is 3.61. The molecule has 2 unspecified atom stereocenters. The molecule has 1 aromatic carbocycles. The third kappa shape index (κ3) is 38.1. The number of unbranched alkanes of at least 4 members (excludes halogenated alkanes) is 2. The van der Waals surface area contributed by atoms with Gasteiger partial charge in [-0.25, -0.2) is 9.59 Å². The van der Waals surface area contributed by atoms with E-state index >= 15 is 0 Å². The summed E-state index contributed by atoms with van der Waals surface area (Å²) in [6.07, 6.45) is 8.68. The molecule has 0 aromatic heterocycles. The first kappa shape index (κ1) is 89.8. The van der Waals surface area contributed by atoms with Gasteiger partial charge in [0, 0.05) is 64.7 Å².